The molecule has 0 saturated carbocycles. The van der Waals surface area contributed by atoms with Gasteiger partial charge in [-0.15, -0.1) is 0 Å². The first-order chi connectivity index (χ1) is 7.90. The molecule has 0 aromatic heterocycles. The molecule has 17 heavy (non-hydrogen) atoms. The van der Waals surface area contributed by atoms with Crippen LogP contribution in [0.15, 0.2) is 24.3 Å². The quantitative estimate of drug-likeness (QED) is 0.734. The van der Waals surface area contributed by atoms with Crippen LogP contribution in [0.25, 0.3) is 0 Å². The fraction of sp³-hybridized carbons (Fsp3) is 0.429. The summed E-state index contributed by atoms with van der Waals surface area (Å²) in [5, 5.41) is 0. The molecule has 0 spiro atoms. The first kappa shape index (κ1) is 11.8. The first-order valence-electron chi connectivity index (χ1n) is 5.85. The van der Waals surface area contributed by atoms with Crippen molar-refractivity contribution in [1.29, 1.82) is 0 Å². The Morgan fingerprint density at radius 3 is 2.41 bits per heavy atom. The fourth-order valence-corrected chi connectivity index (χ4v) is 1.92. The Balaban J connectivity index is 2.25. The highest BCUT2D eigenvalue weighted by Crippen LogP contribution is 2.30. The van der Waals surface area contributed by atoms with Gasteiger partial charge in [0.25, 0.3) is 11.7 Å². The van der Waals surface area contributed by atoms with Crippen molar-refractivity contribution in [2.24, 2.45) is 5.41 Å². The van der Waals surface area contributed by atoms with Gasteiger partial charge in [0.1, 0.15) is 0 Å². The Kier molecular flexibility index (Phi) is 2.77. The van der Waals surface area contributed by atoms with Gasteiger partial charge in [0.15, 0.2) is 0 Å². The van der Waals surface area contributed by atoms with E-state index in [1.165, 1.54) is 0 Å². The van der Waals surface area contributed by atoms with Crippen LogP contribution in [0.2, 0.25) is 0 Å². The van der Waals surface area contributed by atoms with Crippen molar-refractivity contribution in [3.63, 3.8) is 0 Å². The average Bonchev–Trinajstić information content (AvgIpc) is 2.49. The molecule has 3 nitrogen and oxygen atoms in total. The van der Waals surface area contributed by atoms with Crippen LogP contribution in [0.1, 0.15) is 37.6 Å². The SMILES string of the molecule is CC(C)(C)CCN1C(=O)C(=O)c2ccccc21. The zero-order valence-electron chi connectivity index (χ0n) is 10.5. The number of hydrogen-bond acceptors (Lipinski definition) is 2. The monoisotopic (exact) mass is 231 g/mol. The number of fused-ring (bicyclic) bond motifs is 1. The molecule has 0 unspecified atom stereocenters. The van der Waals surface area contributed by atoms with E-state index in [0.29, 0.717) is 12.1 Å². The Labute approximate surface area is 101 Å². The highest BCUT2D eigenvalue weighted by atomic mass is 16.2. The van der Waals surface area contributed by atoms with Gasteiger partial charge in [0, 0.05) is 6.54 Å². The number of rotatable bonds is 2. The predicted molar refractivity (Wildman–Crippen MR) is 67.2 cm³/mol. The van der Waals surface area contributed by atoms with E-state index < -0.39 is 5.91 Å². The number of carbonyl (C=O) groups is 2. The second kappa shape index (κ2) is 3.99. The number of benzene rings is 1. The summed E-state index contributed by atoms with van der Waals surface area (Å²) >= 11 is 0. The maximum Gasteiger partial charge on any atom is 0.299 e. The maximum atomic E-state index is 11.9. The Bertz CT molecular complexity index is 471. The number of nitrogens with zero attached hydrogens (tertiary/aromatic N) is 1. The van der Waals surface area contributed by atoms with Crippen LogP contribution < -0.4 is 4.90 Å². The number of carbonyl (C=O) groups excluding carboxylic acids is 2. The summed E-state index contributed by atoms with van der Waals surface area (Å²) in [6, 6.07) is 7.19. The molecule has 1 amide bonds. The molecular weight excluding hydrogens is 214 g/mol. The van der Waals surface area contributed by atoms with E-state index in [1.807, 2.05) is 12.1 Å². The fourth-order valence-electron chi connectivity index (χ4n) is 1.92. The molecule has 0 radical (unpaired) electrons. The molecule has 0 aliphatic carbocycles. The summed E-state index contributed by atoms with van der Waals surface area (Å²) in [7, 11) is 0. The minimum Gasteiger partial charge on any atom is -0.305 e. The highest BCUT2D eigenvalue weighted by molar-refractivity contribution is 6.52. The van der Waals surface area contributed by atoms with Gasteiger partial charge in [0.05, 0.1) is 11.3 Å². The lowest BCUT2D eigenvalue weighted by atomic mass is 9.92. The van der Waals surface area contributed by atoms with Gasteiger partial charge in [-0.25, -0.2) is 0 Å². The topological polar surface area (TPSA) is 37.4 Å². The van der Waals surface area contributed by atoms with E-state index in [0.717, 1.165) is 12.1 Å². The molecular formula is C14H17NO2. The molecule has 1 aliphatic rings. The zero-order valence-corrected chi connectivity index (χ0v) is 10.5. The third kappa shape index (κ3) is 2.23. The second-order valence-corrected chi connectivity index (χ2v) is 5.61. The number of ketones is 1. The van der Waals surface area contributed by atoms with Crippen LogP contribution in [0.4, 0.5) is 5.69 Å². The normalized spacial score (nSPS) is 15.4. The van der Waals surface area contributed by atoms with Crippen molar-refractivity contribution in [1.82, 2.24) is 0 Å². The summed E-state index contributed by atoms with van der Waals surface area (Å²) in [5.41, 5.74) is 1.44. The predicted octanol–water partition coefficient (Wildman–Crippen LogP) is 2.65. The Morgan fingerprint density at radius 1 is 1.12 bits per heavy atom. The molecule has 3 heteroatoms. The van der Waals surface area contributed by atoms with Crippen LogP contribution in [-0.4, -0.2) is 18.2 Å². The lowest BCUT2D eigenvalue weighted by molar-refractivity contribution is -0.114. The van der Waals surface area contributed by atoms with Crippen LogP contribution >= 0.6 is 0 Å². The molecule has 1 aromatic rings. The van der Waals surface area contributed by atoms with E-state index in [-0.39, 0.29) is 11.2 Å². The van der Waals surface area contributed by atoms with Gasteiger partial charge in [-0.3, -0.25) is 9.59 Å². The smallest absolute Gasteiger partial charge is 0.299 e. The van der Waals surface area contributed by atoms with Crippen molar-refractivity contribution in [3.05, 3.63) is 29.8 Å². The number of Topliss-reactive ketones (excluding diaryl/α,β-unsaturated/α-hetero) is 1. The van der Waals surface area contributed by atoms with Crippen LogP contribution in [-0.2, 0) is 4.79 Å². The van der Waals surface area contributed by atoms with Gasteiger partial charge in [0.2, 0.25) is 0 Å². The average molecular weight is 231 g/mol. The molecule has 0 atom stereocenters. The van der Waals surface area contributed by atoms with Crippen molar-refractivity contribution in [2.45, 2.75) is 27.2 Å². The van der Waals surface area contributed by atoms with E-state index in [4.69, 9.17) is 0 Å². The van der Waals surface area contributed by atoms with E-state index in [9.17, 15) is 9.59 Å². The van der Waals surface area contributed by atoms with Gasteiger partial charge in [-0.2, -0.15) is 0 Å². The van der Waals surface area contributed by atoms with Gasteiger partial charge in [-0.05, 0) is 24.0 Å². The van der Waals surface area contributed by atoms with Gasteiger partial charge >= 0.3 is 0 Å². The molecule has 1 aromatic carbocycles. The second-order valence-electron chi connectivity index (χ2n) is 5.61. The lowest BCUT2D eigenvalue weighted by Gasteiger charge is -2.23. The van der Waals surface area contributed by atoms with Gasteiger partial charge in [-0.1, -0.05) is 32.9 Å². The Morgan fingerprint density at radius 2 is 1.76 bits per heavy atom. The highest BCUT2D eigenvalue weighted by Gasteiger charge is 2.35. The molecule has 0 fully saturated rings. The van der Waals surface area contributed by atoms with Crippen molar-refractivity contribution >= 4 is 17.4 Å². The number of amides is 1. The summed E-state index contributed by atoms with van der Waals surface area (Å²) in [4.78, 5) is 25.2. The number of anilines is 1. The van der Waals surface area contributed by atoms with E-state index in [1.54, 1.807) is 17.0 Å². The standard InChI is InChI=1S/C14H17NO2/c1-14(2,3)8-9-15-11-7-5-4-6-10(11)12(16)13(15)17/h4-7H,8-9H2,1-3H3. The lowest BCUT2D eigenvalue weighted by Crippen LogP contribution is -2.32. The Hall–Kier alpha value is -1.64. The van der Waals surface area contributed by atoms with E-state index in [2.05, 4.69) is 20.8 Å². The van der Waals surface area contributed by atoms with Crippen LogP contribution in [0, 0.1) is 5.41 Å². The number of hydrogen-bond donors (Lipinski definition) is 0. The molecule has 1 heterocycles. The minimum atomic E-state index is -0.393. The number of para-hydroxylation sites is 1. The molecule has 0 bridgehead atoms. The largest absolute Gasteiger partial charge is 0.305 e. The molecule has 2 rings (SSSR count). The summed E-state index contributed by atoms with van der Waals surface area (Å²) in [5.74, 6) is -0.773. The summed E-state index contributed by atoms with van der Waals surface area (Å²) < 4.78 is 0. The molecule has 1 aliphatic heterocycles. The third-order valence-electron chi connectivity index (χ3n) is 2.96. The molecule has 90 valence electrons. The van der Waals surface area contributed by atoms with E-state index >= 15 is 0 Å². The minimum absolute atomic E-state index is 0.154. The summed E-state index contributed by atoms with van der Waals surface area (Å²) in [6.07, 6.45) is 0.875. The van der Waals surface area contributed by atoms with Crippen molar-refractivity contribution in [3.8, 4) is 0 Å². The first-order valence-corrected chi connectivity index (χ1v) is 5.85. The van der Waals surface area contributed by atoms with Crippen molar-refractivity contribution in [2.75, 3.05) is 11.4 Å². The van der Waals surface area contributed by atoms with Crippen molar-refractivity contribution < 1.29 is 9.59 Å². The summed E-state index contributed by atoms with van der Waals surface area (Å²) in [6.45, 7) is 6.98. The van der Waals surface area contributed by atoms with Crippen LogP contribution in [0.5, 0.6) is 0 Å². The molecule has 0 saturated heterocycles. The third-order valence-corrected chi connectivity index (χ3v) is 2.96. The maximum absolute atomic E-state index is 11.9. The molecule has 0 N–H and O–H groups in total. The van der Waals surface area contributed by atoms with Gasteiger partial charge < -0.3 is 4.90 Å². The van der Waals surface area contributed by atoms with Crippen LogP contribution in [0.3, 0.4) is 0 Å². The zero-order chi connectivity index (χ0) is 12.6.